The number of halogens is 4. The van der Waals surface area contributed by atoms with Crippen molar-refractivity contribution in [2.24, 2.45) is 0 Å². The van der Waals surface area contributed by atoms with Gasteiger partial charge in [-0.2, -0.15) is 13.2 Å². The van der Waals surface area contributed by atoms with Crippen molar-refractivity contribution in [2.45, 2.75) is 24.5 Å². The zero-order valence-electron chi connectivity index (χ0n) is 10.8. The van der Waals surface area contributed by atoms with Crippen molar-refractivity contribution in [3.8, 4) is 0 Å². The molecule has 114 valence electrons. The maximum absolute atomic E-state index is 13.6. The molecule has 1 rings (SSSR count). The van der Waals surface area contributed by atoms with E-state index in [4.69, 9.17) is 0 Å². The summed E-state index contributed by atoms with van der Waals surface area (Å²) in [5, 5.41) is 2.70. The van der Waals surface area contributed by atoms with Crippen LogP contribution in [0.5, 0.6) is 0 Å². The standard InChI is InChI=1S/C11H14F4N2O2S/c1-7-9(12)3-8(5-16-2)4-10(7)20(18,19)17-6-11(13,14)15/h3-4,16-17H,5-6H2,1-2H3. The molecule has 0 aliphatic carbocycles. The maximum atomic E-state index is 13.6. The van der Waals surface area contributed by atoms with E-state index in [9.17, 15) is 26.0 Å². The van der Waals surface area contributed by atoms with Crippen LogP contribution in [0.1, 0.15) is 11.1 Å². The number of alkyl halides is 3. The summed E-state index contributed by atoms with van der Waals surface area (Å²) in [5.41, 5.74) is 0.0995. The Bertz CT molecular complexity index is 585. The first kappa shape index (κ1) is 16.9. The van der Waals surface area contributed by atoms with Gasteiger partial charge in [-0.15, -0.1) is 0 Å². The Hall–Kier alpha value is -1.19. The zero-order valence-corrected chi connectivity index (χ0v) is 11.6. The fraction of sp³-hybridized carbons (Fsp3) is 0.455. The Morgan fingerprint density at radius 2 is 1.85 bits per heavy atom. The molecular formula is C11H14F4N2O2S. The molecule has 0 aromatic heterocycles. The lowest BCUT2D eigenvalue weighted by Gasteiger charge is -2.13. The zero-order chi connectivity index (χ0) is 15.6. The highest BCUT2D eigenvalue weighted by atomic mass is 32.2. The summed E-state index contributed by atoms with van der Waals surface area (Å²) < 4.78 is 74.9. The molecule has 0 saturated carbocycles. The van der Waals surface area contributed by atoms with Gasteiger partial charge in [-0.05, 0) is 31.7 Å². The summed E-state index contributed by atoms with van der Waals surface area (Å²) in [6, 6.07) is 2.28. The van der Waals surface area contributed by atoms with Crippen LogP contribution in [0.2, 0.25) is 0 Å². The second-order valence-electron chi connectivity index (χ2n) is 4.17. The average molecular weight is 314 g/mol. The van der Waals surface area contributed by atoms with Gasteiger partial charge < -0.3 is 5.32 Å². The van der Waals surface area contributed by atoms with E-state index in [-0.39, 0.29) is 12.1 Å². The van der Waals surface area contributed by atoms with E-state index in [1.54, 1.807) is 7.05 Å². The number of rotatable bonds is 5. The molecule has 0 fully saturated rings. The van der Waals surface area contributed by atoms with E-state index in [2.05, 4.69) is 5.32 Å². The number of benzene rings is 1. The first-order valence-electron chi connectivity index (χ1n) is 5.57. The molecule has 0 unspecified atom stereocenters. The lowest BCUT2D eigenvalue weighted by molar-refractivity contribution is -0.121. The molecule has 0 saturated heterocycles. The van der Waals surface area contributed by atoms with Gasteiger partial charge in [-0.3, -0.25) is 0 Å². The van der Waals surface area contributed by atoms with Crippen LogP contribution in [-0.2, 0) is 16.6 Å². The number of hydrogen-bond donors (Lipinski definition) is 2. The van der Waals surface area contributed by atoms with Crippen LogP contribution in [0.3, 0.4) is 0 Å². The van der Waals surface area contributed by atoms with Crippen LogP contribution in [-0.4, -0.2) is 28.2 Å². The lowest BCUT2D eigenvalue weighted by Crippen LogP contribution is -2.34. The molecule has 4 nitrogen and oxygen atoms in total. The third kappa shape index (κ3) is 4.43. The van der Waals surface area contributed by atoms with E-state index >= 15 is 0 Å². The van der Waals surface area contributed by atoms with E-state index in [1.807, 2.05) is 0 Å². The van der Waals surface area contributed by atoms with Crippen molar-refractivity contribution in [2.75, 3.05) is 13.6 Å². The highest BCUT2D eigenvalue weighted by molar-refractivity contribution is 7.89. The van der Waals surface area contributed by atoms with Gasteiger partial charge in [0.2, 0.25) is 10.0 Å². The molecule has 0 spiro atoms. The van der Waals surface area contributed by atoms with Crippen molar-refractivity contribution >= 4 is 10.0 Å². The minimum absolute atomic E-state index is 0.193. The summed E-state index contributed by atoms with van der Waals surface area (Å²) in [6.07, 6.45) is -4.68. The van der Waals surface area contributed by atoms with Gasteiger partial charge in [-0.1, -0.05) is 0 Å². The van der Waals surface area contributed by atoms with E-state index in [0.717, 1.165) is 12.1 Å². The molecule has 0 aliphatic heterocycles. The van der Waals surface area contributed by atoms with Crippen LogP contribution < -0.4 is 10.0 Å². The first-order chi connectivity index (χ1) is 9.07. The Morgan fingerprint density at radius 1 is 1.25 bits per heavy atom. The normalized spacial score (nSPS) is 12.7. The van der Waals surface area contributed by atoms with Crippen LogP contribution in [0.15, 0.2) is 17.0 Å². The Balaban J connectivity index is 3.17. The van der Waals surface area contributed by atoms with Gasteiger partial charge >= 0.3 is 6.18 Å². The Kier molecular flexibility index (Phi) is 5.11. The van der Waals surface area contributed by atoms with Crippen LogP contribution in [0.25, 0.3) is 0 Å². The quantitative estimate of drug-likeness (QED) is 0.813. The van der Waals surface area contributed by atoms with Crippen LogP contribution in [0.4, 0.5) is 17.6 Å². The second-order valence-corrected chi connectivity index (χ2v) is 5.91. The van der Waals surface area contributed by atoms with Gasteiger partial charge in [-0.25, -0.2) is 17.5 Å². The first-order valence-corrected chi connectivity index (χ1v) is 7.05. The fourth-order valence-electron chi connectivity index (χ4n) is 1.55. The Labute approximate surface area is 114 Å². The number of hydrogen-bond acceptors (Lipinski definition) is 3. The van der Waals surface area contributed by atoms with Gasteiger partial charge in [0.1, 0.15) is 12.4 Å². The van der Waals surface area contributed by atoms with Gasteiger partial charge in [0.05, 0.1) is 4.90 Å². The van der Waals surface area contributed by atoms with Crippen molar-refractivity contribution in [1.82, 2.24) is 10.0 Å². The highest BCUT2D eigenvalue weighted by Crippen LogP contribution is 2.21. The summed E-state index contributed by atoms with van der Waals surface area (Å²) in [4.78, 5) is -0.494. The fourth-order valence-corrected chi connectivity index (χ4v) is 2.86. The van der Waals surface area contributed by atoms with Gasteiger partial charge in [0, 0.05) is 12.1 Å². The molecule has 2 N–H and O–H groups in total. The molecule has 1 aromatic rings. The van der Waals surface area contributed by atoms with E-state index in [1.165, 1.54) is 11.6 Å². The number of sulfonamides is 1. The minimum atomic E-state index is -4.68. The van der Waals surface area contributed by atoms with Crippen molar-refractivity contribution < 1.29 is 26.0 Å². The summed E-state index contributed by atoms with van der Waals surface area (Å²) >= 11 is 0. The largest absolute Gasteiger partial charge is 0.402 e. The predicted molar refractivity (Wildman–Crippen MR) is 65.1 cm³/mol. The van der Waals surface area contributed by atoms with Crippen molar-refractivity contribution in [1.29, 1.82) is 0 Å². The highest BCUT2D eigenvalue weighted by Gasteiger charge is 2.31. The van der Waals surface area contributed by atoms with E-state index in [0.29, 0.717) is 5.56 Å². The molecule has 0 radical (unpaired) electrons. The van der Waals surface area contributed by atoms with Gasteiger partial charge in [0.15, 0.2) is 0 Å². The lowest BCUT2D eigenvalue weighted by atomic mass is 10.1. The molecule has 0 bridgehead atoms. The molecule has 0 aliphatic rings. The summed E-state index contributed by atoms with van der Waals surface area (Å²) in [5.74, 6) is -0.787. The smallest absolute Gasteiger partial charge is 0.316 e. The van der Waals surface area contributed by atoms with E-state index < -0.39 is 33.5 Å². The maximum Gasteiger partial charge on any atom is 0.402 e. The summed E-state index contributed by atoms with van der Waals surface area (Å²) in [6.45, 7) is -0.313. The monoisotopic (exact) mass is 314 g/mol. The van der Waals surface area contributed by atoms with Crippen LogP contribution >= 0.6 is 0 Å². The molecule has 0 atom stereocenters. The minimum Gasteiger partial charge on any atom is -0.316 e. The van der Waals surface area contributed by atoms with Gasteiger partial charge in [0.25, 0.3) is 0 Å². The predicted octanol–water partition coefficient (Wildman–Crippen LogP) is 1.69. The third-order valence-corrected chi connectivity index (χ3v) is 4.02. The Morgan fingerprint density at radius 3 is 2.35 bits per heavy atom. The third-order valence-electron chi connectivity index (χ3n) is 2.49. The number of nitrogens with one attached hydrogen (secondary N) is 2. The second kappa shape index (κ2) is 6.06. The molecule has 20 heavy (non-hydrogen) atoms. The van der Waals surface area contributed by atoms with Crippen LogP contribution in [0, 0.1) is 12.7 Å². The average Bonchev–Trinajstić information content (AvgIpc) is 2.30. The molecular weight excluding hydrogens is 300 g/mol. The molecule has 0 amide bonds. The molecule has 0 heterocycles. The topological polar surface area (TPSA) is 58.2 Å². The molecule has 1 aromatic carbocycles. The SMILES string of the molecule is CNCc1cc(F)c(C)c(S(=O)(=O)NCC(F)(F)F)c1. The molecule has 9 heteroatoms. The summed E-state index contributed by atoms with van der Waals surface area (Å²) in [7, 11) is -2.85. The van der Waals surface area contributed by atoms with Crippen molar-refractivity contribution in [3.63, 3.8) is 0 Å². The van der Waals surface area contributed by atoms with Crippen molar-refractivity contribution in [3.05, 3.63) is 29.1 Å².